The predicted molar refractivity (Wildman–Crippen MR) is 198 cm³/mol. The summed E-state index contributed by atoms with van der Waals surface area (Å²) in [4.78, 5) is 0. The van der Waals surface area contributed by atoms with E-state index < -0.39 is 0 Å². The van der Waals surface area contributed by atoms with Crippen LogP contribution in [0.15, 0.2) is 182 Å². The minimum Gasteiger partial charge on any atom is -0.0616 e. The Morgan fingerprint density at radius 2 is 0.587 bits per heavy atom. The van der Waals surface area contributed by atoms with E-state index in [2.05, 4.69) is 182 Å². The summed E-state index contributed by atoms with van der Waals surface area (Å²) < 4.78 is 0. The molecule has 9 aromatic rings. The molecule has 0 aliphatic heterocycles. The van der Waals surface area contributed by atoms with E-state index in [1.54, 1.807) is 0 Å². The van der Waals surface area contributed by atoms with Crippen LogP contribution in [0.25, 0.3) is 87.6 Å². The van der Waals surface area contributed by atoms with Crippen molar-refractivity contribution >= 4 is 43.1 Å². The van der Waals surface area contributed by atoms with Crippen LogP contribution in [0.3, 0.4) is 0 Å². The van der Waals surface area contributed by atoms with Crippen molar-refractivity contribution < 1.29 is 0 Å². The number of hydrogen-bond acceptors (Lipinski definition) is 0. The standard InChI is InChI=1S/C46H30/c1-4-10-37-27-40(21-15-31(37)7-1)34-13-19-36(20-14-34)46-44(43-24-17-33-9-3-6-12-39(33)29-43)26-25-35-18-23-42(30-45(35)46)41-22-16-32-8-2-5-11-38(32)28-41/h1-30H. The van der Waals surface area contributed by atoms with Gasteiger partial charge in [-0.15, -0.1) is 0 Å². The second-order valence-corrected chi connectivity index (χ2v) is 12.2. The van der Waals surface area contributed by atoms with Crippen LogP contribution in [0.2, 0.25) is 0 Å². The number of fused-ring (bicyclic) bond motifs is 4. The molecule has 0 heteroatoms. The maximum atomic E-state index is 2.39. The minimum absolute atomic E-state index is 1.22. The number of hydrogen-bond donors (Lipinski definition) is 0. The van der Waals surface area contributed by atoms with E-state index in [9.17, 15) is 0 Å². The Morgan fingerprint density at radius 3 is 1.15 bits per heavy atom. The van der Waals surface area contributed by atoms with Crippen molar-refractivity contribution in [2.24, 2.45) is 0 Å². The Balaban J connectivity index is 1.24. The summed E-state index contributed by atoms with van der Waals surface area (Å²) >= 11 is 0. The minimum atomic E-state index is 1.22. The van der Waals surface area contributed by atoms with Crippen LogP contribution < -0.4 is 0 Å². The lowest BCUT2D eigenvalue weighted by Crippen LogP contribution is -1.90. The monoisotopic (exact) mass is 582 g/mol. The third-order valence-electron chi connectivity index (χ3n) is 9.42. The van der Waals surface area contributed by atoms with E-state index in [0.29, 0.717) is 0 Å². The average molecular weight is 583 g/mol. The fraction of sp³-hybridized carbons (Fsp3) is 0. The quantitative estimate of drug-likeness (QED) is 0.194. The number of rotatable bonds is 4. The molecule has 0 nitrogen and oxygen atoms in total. The number of benzene rings is 9. The summed E-state index contributed by atoms with van der Waals surface area (Å²) in [6.45, 7) is 0. The van der Waals surface area contributed by atoms with Crippen molar-refractivity contribution in [3.63, 3.8) is 0 Å². The smallest absolute Gasteiger partial charge is 0.00266 e. The molecule has 0 spiro atoms. The van der Waals surface area contributed by atoms with E-state index in [4.69, 9.17) is 0 Å². The first-order valence-corrected chi connectivity index (χ1v) is 15.9. The lowest BCUT2D eigenvalue weighted by atomic mass is 9.87. The van der Waals surface area contributed by atoms with E-state index in [-0.39, 0.29) is 0 Å². The van der Waals surface area contributed by atoms with Gasteiger partial charge in [0.2, 0.25) is 0 Å². The topological polar surface area (TPSA) is 0 Å². The van der Waals surface area contributed by atoms with Crippen molar-refractivity contribution in [1.82, 2.24) is 0 Å². The van der Waals surface area contributed by atoms with Crippen molar-refractivity contribution in [3.05, 3.63) is 182 Å². The van der Waals surface area contributed by atoms with E-state index in [1.807, 2.05) is 0 Å². The molecule has 9 rings (SSSR count). The first-order valence-electron chi connectivity index (χ1n) is 15.9. The third kappa shape index (κ3) is 4.64. The molecule has 0 aliphatic carbocycles. The van der Waals surface area contributed by atoms with Crippen molar-refractivity contribution in [2.75, 3.05) is 0 Å². The van der Waals surface area contributed by atoms with Gasteiger partial charge in [-0.2, -0.15) is 0 Å². The zero-order valence-corrected chi connectivity index (χ0v) is 25.3. The van der Waals surface area contributed by atoms with Crippen LogP contribution in [0.1, 0.15) is 0 Å². The Kier molecular flexibility index (Phi) is 6.25. The van der Waals surface area contributed by atoms with Crippen LogP contribution in [0.5, 0.6) is 0 Å². The van der Waals surface area contributed by atoms with Crippen LogP contribution >= 0.6 is 0 Å². The molecule has 0 aliphatic rings. The highest BCUT2D eigenvalue weighted by Gasteiger charge is 2.14. The SMILES string of the molecule is c1ccc2cc(-c3ccc(-c4c(-c5ccc6ccccc6c5)ccc5ccc(-c6ccc7ccccc7c6)cc45)cc3)ccc2c1. The highest BCUT2D eigenvalue weighted by molar-refractivity contribution is 6.07. The van der Waals surface area contributed by atoms with Crippen molar-refractivity contribution in [1.29, 1.82) is 0 Å². The lowest BCUT2D eigenvalue weighted by Gasteiger charge is -2.17. The molecular weight excluding hydrogens is 553 g/mol. The van der Waals surface area contributed by atoms with Gasteiger partial charge in [-0.3, -0.25) is 0 Å². The van der Waals surface area contributed by atoms with E-state index in [1.165, 1.54) is 87.6 Å². The van der Waals surface area contributed by atoms with Gasteiger partial charge in [-0.25, -0.2) is 0 Å². The molecule has 0 saturated heterocycles. The summed E-state index contributed by atoms with van der Waals surface area (Å²) in [5.74, 6) is 0. The molecule has 0 atom stereocenters. The molecule has 0 bridgehead atoms. The molecular formula is C46H30. The summed E-state index contributed by atoms with van der Waals surface area (Å²) in [5.41, 5.74) is 9.86. The van der Waals surface area contributed by atoms with Gasteiger partial charge < -0.3 is 0 Å². The maximum Gasteiger partial charge on any atom is -0.00266 e. The van der Waals surface area contributed by atoms with Crippen LogP contribution in [0.4, 0.5) is 0 Å². The molecule has 0 heterocycles. The normalized spacial score (nSPS) is 11.5. The van der Waals surface area contributed by atoms with Gasteiger partial charge in [-0.1, -0.05) is 158 Å². The Bertz CT molecular complexity index is 2560. The second-order valence-electron chi connectivity index (χ2n) is 12.2. The lowest BCUT2D eigenvalue weighted by molar-refractivity contribution is 1.60. The van der Waals surface area contributed by atoms with Gasteiger partial charge in [0, 0.05) is 0 Å². The van der Waals surface area contributed by atoms with E-state index in [0.717, 1.165) is 0 Å². The van der Waals surface area contributed by atoms with Gasteiger partial charge in [0.05, 0.1) is 0 Å². The molecule has 0 radical (unpaired) electrons. The van der Waals surface area contributed by atoms with Gasteiger partial charge in [0.25, 0.3) is 0 Å². The van der Waals surface area contributed by atoms with E-state index >= 15 is 0 Å². The first kappa shape index (κ1) is 26.4. The van der Waals surface area contributed by atoms with Gasteiger partial charge in [-0.05, 0) is 112 Å². The van der Waals surface area contributed by atoms with Gasteiger partial charge in [0.1, 0.15) is 0 Å². The first-order chi connectivity index (χ1) is 22.8. The molecule has 0 fully saturated rings. The van der Waals surface area contributed by atoms with Crippen LogP contribution in [-0.2, 0) is 0 Å². The molecule has 0 N–H and O–H groups in total. The zero-order valence-electron chi connectivity index (χ0n) is 25.3. The molecule has 0 saturated carbocycles. The predicted octanol–water partition coefficient (Wildman–Crippen LogP) is 13.0. The highest BCUT2D eigenvalue weighted by Crippen LogP contribution is 2.41. The molecule has 0 aromatic heterocycles. The fourth-order valence-corrected chi connectivity index (χ4v) is 6.97. The molecule has 0 unspecified atom stereocenters. The summed E-state index contributed by atoms with van der Waals surface area (Å²) in [7, 11) is 0. The highest BCUT2D eigenvalue weighted by atomic mass is 14.2. The Hall–Kier alpha value is -5.98. The van der Waals surface area contributed by atoms with Crippen LogP contribution in [0, 0.1) is 0 Å². The average Bonchev–Trinajstić information content (AvgIpc) is 3.13. The molecule has 214 valence electrons. The van der Waals surface area contributed by atoms with Gasteiger partial charge in [0.15, 0.2) is 0 Å². The summed E-state index contributed by atoms with van der Waals surface area (Å²) in [5, 5.41) is 10.1. The summed E-state index contributed by atoms with van der Waals surface area (Å²) in [6.07, 6.45) is 0. The molecule has 0 amide bonds. The Morgan fingerprint density at radius 1 is 0.217 bits per heavy atom. The summed E-state index contributed by atoms with van der Waals surface area (Å²) in [6, 6.07) is 66.8. The largest absolute Gasteiger partial charge is 0.0616 e. The maximum absolute atomic E-state index is 2.39. The Labute approximate surface area is 268 Å². The van der Waals surface area contributed by atoms with Gasteiger partial charge >= 0.3 is 0 Å². The van der Waals surface area contributed by atoms with Crippen molar-refractivity contribution in [3.8, 4) is 44.5 Å². The second kappa shape index (κ2) is 10.9. The van der Waals surface area contributed by atoms with Crippen molar-refractivity contribution in [2.45, 2.75) is 0 Å². The third-order valence-corrected chi connectivity index (χ3v) is 9.42. The van der Waals surface area contributed by atoms with Crippen LogP contribution in [-0.4, -0.2) is 0 Å². The molecule has 46 heavy (non-hydrogen) atoms. The fourth-order valence-electron chi connectivity index (χ4n) is 6.97. The molecule has 9 aromatic carbocycles. The zero-order chi connectivity index (χ0) is 30.5.